The number of nitrogens with zero attached hydrogens (tertiary/aromatic N) is 2. The third kappa shape index (κ3) is 9.36. The smallest absolute Gasteiger partial charge is 0.264 e. The average Bonchev–Trinajstić information content (AvgIpc) is 3.10. The van der Waals surface area contributed by atoms with Crippen LogP contribution in [0.3, 0.4) is 0 Å². The minimum Gasteiger partial charge on any atom is -0.457 e. The Balaban J connectivity index is 1.55. The van der Waals surface area contributed by atoms with E-state index >= 15 is 0 Å². The number of ether oxygens (including phenoxy) is 1. The molecule has 5 aromatic carbocycles. The fourth-order valence-electron chi connectivity index (χ4n) is 5.39. The van der Waals surface area contributed by atoms with Crippen LogP contribution in [0.2, 0.25) is 0 Å². The highest BCUT2D eigenvalue weighted by Crippen LogP contribution is 2.29. The van der Waals surface area contributed by atoms with Gasteiger partial charge in [0.2, 0.25) is 11.8 Å². The van der Waals surface area contributed by atoms with Gasteiger partial charge in [-0.3, -0.25) is 13.9 Å². The number of amides is 2. The topological polar surface area (TPSA) is 96.0 Å². The number of rotatable bonds is 14. The first-order valence-corrected chi connectivity index (χ1v) is 17.6. The molecule has 49 heavy (non-hydrogen) atoms. The number of sulfonamides is 1. The van der Waals surface area contributed by atoms with Crippen molar-refractivity contribution in [3.8, 4) is 11.5 Å². The normalized spacial score (nSPS) is 11.8. The standard InChI is InChI=1S/C40H41N3O5S/c1-30(2)41-40(45)38(27-32-13-7-4-8-14-32)42(28-33-15-9-5-10-16-33)39(44)29-43(49(46,47)37-25-19-31(3)20-26-37)34-21-23-36(24-22-34)48-35-17-11-6-12-18-35/h4-26,30,38H,27-29H2,1-3H3,(H,41,45). The van der Waals surface area contributed by atoms with Gasteiger partial charge in [0, 0.05) is 19.0 Å². The zero-order chi connectivity index (χ0) is 34.8. The maximum Gasteiger partial charge on any atom is 0.264 e. The zero-order valence-electron chi connectivity index (χ0n) is 27.9. The minimum atomic E-state index is -4.22. The highest BCUT2D eigenvalue weighted by atomic mass is 32.2. The summed E-state index contributed by atoms with van der Waals surface area (Å²) < 4.78 is 35.7. The summed E-state index contributed by atoms with van der Waals surface area (Å²) in [7, 11) is -4.22. The summed E-state index contributed by atoms with van der Waals surface area (Å²) in [6.07, 6.45) is 0.244. The van der Waals surface area contributed by atoms with Crippen LogP contribution in [0.25, 0.3) is 0 Å². The fraction of sp³-hybridized carbons (Fsp3) is 0.200. The van der Waals surface area contributed by atoms with Gasteiger partial charge in [-0.1, -0.05) is 96.6 Å². The van der Waals surface area contributed by atoms with Gasteiger partial charge in [-0.25, -0.2) is 8.42 Å². The van der Waals surface area contributed by atoms with E-state index in [4.69, 9.17) is 4.74 Å². The molecule has 8 nitrogen and oxygen atoms in total. The van der Waals surface area contributed by atoms with Crippen molar-refractivity contribution in [3.63, 3.8) is 0 Å². The predicted molar refractivity (Wildman–Crippen MR) is 193 cm³/mol. The Labute approximate surface area is 289 Å². The van der Waals surface area contributed by atoms with E-state index in [1.54, 1.807) is 36.4 Å². The van der Waals surface area contributed by atoms with Crippen LogP contribution < -0.4 is 14.4 Å². The largest absolute Gasteiger partial charge is 0.457 e. The van der Waals surface area contributed by atoms with Crippen molar-refractivity contribution in [1.29, 1.82) is 0 Å². The molecular formula is C40H41N3O5S. The number of carbonyl (C=O) groups is 2. The van der Waals surface area contributed by atoms with Crippen LogP contribution in [0.15, 0.2) is 144 Å². The lowest BCUT2D eigenvalue weighted by atomic mass is 10.0. The summed E-state index contributed by atoms with van der Waals surface area (Å²) in [6.45, 7) is 5.16. The first-order chi connectivity index (χ1) is 23.6. The van der Waals surface area contributed by atoms with Crippen LogP contribution >= 0.6 is 0 Å². The molecule has 1 N–H and O–H groups in total. The number of anilines is 1. The molecule has 0 heterocycles. The number of carbonyl (C=O) groups excluding carboxylic acids is 2. The summed E-state index contributed by atoms with van der Waals surface area (Å²) in [4.78, 5) is 30.0. The molecule has 0 saturated carbocycles. The van der Waals surface area contributed by atoms with Crippen LogP contribution in [0, 0.1) is 6.92 Å². The molecule has 5 aromatic rings. The quantitative estimate of drug-likeness (QED) is 0.135. The molecule has 0 bridgehead atoms. The molecule has 0 radical (unpaired) electrons. The van der Waals surface area contributed by atoms with E-state index in [-0.39, 0.29) is 35.5 Å². The van der Waals surface area contributed by atoms with E-state index in [0.29, 0.717) is 11.5 Å². The van der Waals surface area contributed by atoms with E-state index < -0.39 is 28.5 Å². The van der Waals surface area contributed by atoms with Crippen LogP contribution in [-0.2, 0) is 32.6 Å². The number of benzene rings is 5. The molecule has 0 fully saturated rings. The zero-order valence-corrected chi connectivity index (χ0v) is 28.7. The number of nitrogens with one attached hydrogen (secondary N) is 1. The first kappa shape index (κ1) is 34.9. The second-order valence-corrected chi connectivity index (χ2v) is 14.0. The lowest BCUT2D eigenvalue weighted by Gasteiger charge is -2.34. The van der Waals surface area contributed by atoms with Gasteiger partial charge in [-0.15, -0.1) is 0 Å². The van der Waals surface area contributed by atoms with Gasteiger partial charge in [0.05, 0.1) is 10.6 Å². The van der Waals surface area contributed by atoms with Gasteiger partial charge in [0.15, 0.2) is 0 Å². The number of para-hydroxylation sites is 1. The molecule has 0 saturated heterocycles. The Morgan fingerprint density at radius 1 is 0.694 bits per heavy atom. The molecule has 0 aliphatic rings. The van der Waals surface area contributed by atoms with Crippen molar-refractivity contribution < 1.29 is 22.7 Å². The Morgan fingerprint density at radius 3 is 1.80 bits per heavy atom. The molecule has 1 unspecified atom stereocenters. The van der Waals surface area contributed by atoms with Crippen LogP contribution in [-0.4, -0.2) is 43.8 Å². The maximum atomic E-state index is 14.6. The summed E-state index contributed by atoms with van der Waals surface area (Å²) >= 11 is 0. The van der Waals surface area contributed by atoms with Crippen molar-refractivity contribution in [1.82, 2.24) is 10.2 Å². The fourth-order valence-corrected chi connectivity index (χ4v) is 6.80. The summed E-state index contributed by atoms with van der Waals surface area (Å²) in [5.41, 5.74) is 2.86. The first-order valence-electron chi connectivity index (χ1n) is 16.2. The summed E-state index contributed by atoms with van der Waals surface area (Å²) in [5.74, 6) is 0.297. The van der Waals surface area contributed by atoms with Gasteiger partial charge in [0.25, 0.3) is 10.0 Å². The monoisotopic (exact) mass is 675 g/mol. The molecule has 0 aromatic heterocycles. The van der Waals surface area contributed by atoms with E-state index in [0.717, 1.165) is 21.0 Å². The van der Waals surface area contributed by atoms with E-state index in [9.17, 15) is 18.0 Å². The van der Waals surface area contributed by atoms with Gasteiger partial charge >= 0.3 is 0 Å². The highest BCUT2D eigenvalue weighted by Gasteiger charge is 2.34. The number of hydrogen-bond donors (Lipinski definition) is 1. The molecule has 252 valence electrons. The lowest BCUT2D eigenvalue weighted by Crippen LogP contribution is -2.54. The van der Waals surface area contributed by atoms with Gasteiger partial charge in [-0.05, 0) is 80.4 Å². The Hall–Kier alpha value is -5.41. The Bertz CT molecular complexity index is 1920. The van der Waals surface area contributed by atoms with Crippen molar-refractivity contribution >= 4 is 27.5 Å². The molecule has 9 heteroatoms. The van der Waals surface area contributed by atoms with Gasteiger partial charge in [0.1, 0.15) is 24.1 Å². The van der Waals surface area contributed by atoms with Crippen molar-refractivity contribution in [2.45, 2.75) is 50.7 Å². The maximum absolute atomic E-state index is 14.6. The number of hydrogen-bond acceptors (Lipinski definition) is 5. The summed E-state index contributed by atoms with van der Waals surface area (Å²) in [5, 5.41) is 2.98. The Kier molecular flexibility index (Phi) is 11.5. The molecule has 5 rings (SSSR count). The highest BCUT2D eigenvalue weighted by molar-refractivity contribution is 7.92. The number of aryl methyl sites for hydroxylation is 1. The SMILES string of the molecule is Cc1ccc(S(=O)(=O)N(CC(=O)N(Cc2ccccc2)C(Cc2ccccc2)C(=O)NC(C)C)c2ccc(Oc3ccccc3)cc2)cc1. The Morgan fingerprint density at radius 2 is 1.22 bits per heavy atom. The van der Waals surface area contributed by atoms with Crippen LogP contribution in [0.1, 0.15) is 30.5 Å². The molecule has 0 spiro atoms. The molecule has 1 atom stereocenters. The minimum absolute atomic E-state index is 0.0449. The van der Waals surface area contributed by atoms with E-state index in [2.05, 4.69) is 5.32 Å². The van der Waals surface area contributed by atoms with Gasteiger partial charge < -0.3 is 15.0 Å². The molecule has 2 amide bonds. The lowest BCUT2D eigenvalue weighted by molar-refractivity contribution is -0.140. The molecule has 0 aliphatic heterocycles. The second kappa shape index (κ2) is 16.1. The van der Waals surface area contributed by atoms with Crippen molar-refractivity contribution in [3.05, 3.63) is 156 Å². The average molecular weight is 676 g/mol. The predicted octanol–water partition coefficient (Wildman–Crippen LogP) is 7.15. The summed E-state index contributed by atoms with van der Waals surface area (Å²) in [6, 6.07) is 40.1. The van der Waals surface area contributed by atoms with Gasteiger partial charge in [-0.2, -0.15) is 0 Å². The van der Waals surface area contributed by atoms with E-state index in [1.807, 2.05) is 112 Å². The van der Waals surface area contributed by atoms with Crippen molar-refractivity contribution in [2.24, 2.45) is 0 Å². The van der Waals surface area contributed by atoms with Crippen molar-refractivity contribution in [2.75, 3.05) is 10.8 Å². The van der Waals surface area contributed by atoms with Crippen LogP contribution in [0.5, 0.6) is 11.5 Å². The second-order valence-electron chi connectivity index (χ2n) is 12.1. The van der Waals surface area contributed by atoms with E-state index in [1.165, 1.54) is 17.0 Å². The third-order valence-corrected chi connectivity index (χ3v) is 9.68. The third-order valence-electron chi connectivity index (χ3n) is 7.89. The molecular weight excluding hydrogens is 635 g/mol. The van der Waals surface area contributed by atoms with Crippen LogP contribution in [0.4, 0.5) is 5.69 Å². The molecule has 0 aliphatic carbocycles.